The molecule has 29 heavy (non-hydrogen) atoms. The van der Waals surface area contributed by atoms with Crippen molar-refractivity contribution in [2.24, 2.45) is 10.8 Å². The molecule has 6 heteroatoms. The Bertz CT molecular complexity index is 992. The summed E-state index contributed by atoms with van der Waals surface area (Å²) in [4.78, 5) is 13.0. The number of aryl methyl sites for hydroxylation is 1. The first kappa shape index (κ1) is 20.8. The van der Waals surface area contributed by atoms with Crippen molar-refractivity contribution < 1.29 is 19.0 Å². The van der Waals surface area contributed by atoms with Crippen molar-refractivity contribution in [2.75, 3.05) is 5.32 Å². The van der Waals surface area contributed by atoms with Crippen molar-refractivity contribution in [3.05, 3.63) is 58.9 Å². The number of aliphatic hydroxyl groups excluding tert-OH is 1. The van der Waals surface area contributed by atoms with Crippen molar-refractivity contribution in [1.29, 1.82) is 5.26 Å². The van der Waals surface area contributed by atoms with Gasteiger partial charge in [-0.15, -0.1) is 0 Å². The van der Waals surface area contributed by atoms with Crippen LogP contribution >= 0.6 is 0 Å². The number of nitrogens with one attached hydrogen (secondary N) is 1. The van der Waals surface area contributed by atoms with Gasteiger partial charge in [-0.25, -0.2) is 9.18 Å². The summed E-state index contributed by atoms with van der Waals surface area (Å²) in [5, 5.41) is 22.5. The van der Waals surface area contributed by atoms with Crippen molar-refractivity contribution in [1.82, 2.24) is 0 Å². The Balaban J connectivity index is 1.93. The van der Waals surface area contributed by atoms with Crippen LogP contribution < -0.4 is 5.32 Å². The Hall–Kier alpha value is -2.91. The maximum atomic E-state index is 14.3. The van der Waals surface area contributed by atoms with E-state index < -0.39 is 34.8 Å². The molecule has 2 N–H and O–H groups in total. The van der Waals surface area contributed by atoms with Gasteiger partial charge >= 0.3 is 5.97 Å². The highest BCUT2D eigenvalue weighted by Crippen LogP contribution is 2.55. The largest absolute Gasteiger partial charge is 0.457 e. The first-order chi connectivity index (χ1) is 13.5. The van der Waals surface area contributed by atoms with E-state index in [-0.39, 0.29) is 16.9 Å². The van der Waals surface area contributed by atoms with Crippen LogP contribution in [0.1, 0.15) is 49.2 Å². The summed E-state index contributed by atoms with van der Waals surface area (Å²) < 4.78 is 20.1. The molecule has 1 aliphatic carbocycles. The molecule has 0 unspecified atom stereocenters. The Morgan fingerprint density at radius 3 is 2.38 bits per heavy atom. The Labute approximate surface area is 170 Å². The van der Waals surface area contributed by atoms with Gasteiger partial charge in [0, 0.05) is 10.8 Å². The summed E-state index contributed by atoms with van der Waals surface area (Å²) in [6.45, 7) is 9.17. The maximum Gasteiger partial charge on any atom is 0.340 e. The molecule has 1 aliphatic rings. The molecule has 0 atom stereocenters. The van der Waals surface area contributed by atoms with Gasteiger partial charge in [0.05, 0.1) is 34.7 Å². The summed E-state index contributed by atoms with van der Waals surface area (Å²) >= 11 is 0. The maximum absolute atomic E-state index is 14.3. The van der Waals surface area contributed by atoms with Gasteiger partial charge in [-0.1, -0.05) is 33.8 Å². The fraction of sp³-hybridized carbons (Fsp3) is 0.391. The number of benzene rings is 2. The van der Waals surface area contributed by atoms with Crippen LogP contribution in [0.4, 0.5) is 15.8 Å². The molecule has 0 radical (unpaired) electrons. The standard InChI is InChI=1S/C23H25FN2O3/c1-13-6-9-17(16(24)10-13)26-18-11-14(12-25)7-8-15(18)19(27)29-21-22(2,3)20(28)23(21,4)5/h6-11,20-21,26,28H,1-5H3. The van der Waals surface area contributed by atoms with E-state index in [4.69, 9.17) is 4.74 Å². The van der Waals surface area contributed by atoms with Crippen molar-refractivity contribution in [3.8, 4) is 6.07 Å². The van der Waals surface area contributed by atoms with E-state index in [1.165, 1.54) is 24.3 Å². The minimum atomic E-state index is -0.604. The smallest absolute Gasteiger partial charge is 0.340 e. The molecule has 0 spiro atoms. The third kappa shape index (κ3) is 3.58. The lowest BCUT2D eigenvalue weighted by Gasteiger charge is -2.60. The third-order valence-electron chi connectivity index (χ3n) is 5.75. The molecule has 0 heterocycles. The molecular weight excluding hydrogens is 371 g/mol. The lowest BCUT2D eigenvalue weighted by atomic mass is 9.51. The van der Waals surface area contributed by atoms with Crippen LogP contribution in [0.2, 0.25) is 0 Å². The second-order valence-corrected chi connectivity index (χ2v) is 8.81. The number of nitriles is 1. The second-order valence-electron chi connectivity index (χ2n) is 8.81. The summed E-state index contributed by atoms with van der Waals surface area (Å²) in [6.07, 6.45) is -1.09. The highest BCUT2D eigenvalue weighted by Gasteiger charge is 2.63. The number of halogens is 1. The van der Waals surface area contributed by atoms with Crippen molar-refractivity contribution in [3.63, 3.8) is 0 Å². The molecule has 3 rings (SSSR count). The molecule has 0 aromatic heterocycles. The molecule has 2 aromatic carbocycles. The lowest BCUT2D eigenvalue weighted by molar-refractivity contribution is -0.246. The van der Waals surface area contributed by atoms with Crippen molar-refractivity contribution >= 4 is 17.3 Å². The zero-order chi connectivity index (χ0) is 21.6. The number of hydrogen-bond donors (Lipinski definition) is 2. The molecule has 0 saturated heterocycles. The summed E-state index contributed by atoms with van der Waals surface area (Å²) in [5.41, 5.74) is 0.608. The highest BCUT2D eigenvalue weighted by molar-refractivity contribution is 5.97. The summed E-state index contributed by atoms with van der Waals surface area (Å²) in [5.74, 6) is -1.06. The second kappa shape index (κ2) is 7.16. The van der Waals surface area contributed by atoms with Crippen molar-refractivity contribution in [2.45, 2.75) is 46.8 Å². The third-order valence-corrected chi connectivity index (χ3v) is 5.75. The molecule has 0 bridgehead atoms. The lowest BCUT2D eigenvalue weighted by Crippen LogP contribution is -2.68. The topological polar surface area (TPSA) is 82.4 Å². The summed E-state index contributed by atoms with van der Waals surface area (Å²) in [6, 6.07) is 11.2. The first-order valence-electron chi connectivity index (χ1n) is 9.45. The van der Waals surface area contributed by atoms with Crippen LogP contribution in [0.25, 0.3) is 0 Å². The van der Waals surface area contributed by atoms with Gasteiger partial charge in [0.15, 0.2) is 0 Å². The number of carbonyl (C=O) groups is 1. The number of nitrogens with zero attached hydrogens (tertiary/aromatic N) is 1. The number of esters is 1. The van der Waals surface area contributed by atoms with Gasteiger partial charge in [-0.3, -0.25) is 0 Å². The van der Waals surface area contributed by atoms with Crippen LogP contribution in [-0.2, 0) is 4.74 Å². The van der Waals surface area contributed by atoms with E-state index in [0.29, 0.717) is 5.56 Å². The average molecular weight is 396 g/mol. The van der Waals surface area contributed by atoms with Crippen LogP contribution in [-0.4, -0.2) is 23.3 Å². The molecule has 5 nitrogen and oxygen atoms in total. The van der Waals surface area contributed by atoms with E-state index in [1.54, 1.807) is 19.1 Å². The van der Waals surface area contributed by atoms with Gasteiger partial charge in [0.2, 0.25) is 0 Å². The number of hydrogen-bond acceptors (Lipinski definition) is 5. The number of rotatable bonds is 4. The van der Waals surface area contributed by atoms with Gasteiger partial charge in [0.25, 0.3) is 0 Å². The molecule has 0 aliphatic heterocycles. The predicted molar refractivity (Wildman–Crippen MR) is 108 cm³/mol. The Kier molecular flexibility index (Phi) is 5.14. The molecule has 152 valence electrons. The monoisotopic (exact) mass is 396 g/mol. The van der Waals surface area contributed by atoms with Crippen LogP contribution in [0.5, 0.6) is 0 Å². The molecule has 1 saturated carbocycles. The van der Waals surface area contributed by atoms with Crippen LogP contribution in [0.15, 0.2) is 36.4 Å². The Morgan fingerprint density at radius 1 is 1.14 bits per heavy atom. The Morgan fingerprint density at radius 2 is 1.79 bits per heavy atom. The number of aliphatic hydroxyl groups is 1. The quantitative estimate of drug-likeness (QED) is 0.732. The minimum Gasteiger partial charge on any atom is -0.457 e. The van der Waals surface area contributed by atoms with Gasteiger partial charge in [-0.05, 0) is 42.8 Å². The first-order valence-corrected chi connectivity index (χ1v) is 9.45. The number of ether oxygens (including phenoxy) is 1. The molecule has 0 amide bonds. The average Bonchev–Trinajstić information content (AvgIpc) is 2.67. The van der Waals surface area contributed by atoms with Gasteiger partial charge in [0.1, 0.15) is 11.9 Å². The minimum absolute atomic E-state index is 0.192. The number of carbonyl (C=O) groups excluding carboxylic acids is 1. The molecule has 1 fully saturated rings. The fourth-order valence-corrected chi connectivity index (χ4v) is 4.34. The van der Waals surface area contributed by atoms with E-state index in [0.717, 1.165) is 5.56 Å². The van der Waals surface area contributed by atoms with E-state index in [2.05, 4.69) is 5.32 Å². The van der Waals surface area contributed by atoms with Crippen LogP contribution in [0.3, 0.4) is 0 Å². The number of anilines is 2. The molecular formula is C23H25FN2O3. The van der Waals surface area contributed by atoms with Crippen LogP contribution in [0, 0.1) is 34.9 Å². The normalized spacial score (nSPS) is 21.6. The highest BCUT2D eigenvalue weighted by atomic mass is 19.1. The van der Waals surface area contributed by atoms with E-state index in [1.807, 2.05) is 33.8 Å². The van der Waals surface area contributed by atoms with Gasteiger partial charge < -0.3 is 15.2 Å². The predicted octanol–water partition coefficient (Wildman–Crippen LogP) is 4.70. The van der Waals surface area contributed by atoms with Gasteiger partial charge in [-0.2, -0.15) is 5.26 Å². The summed E-state index contributed by atoms with van der Waals surface area (Å²) in [7, 11) is 0. The fourth-order valence-electron chi connectivity index (χ4n) is 4.34. The zero-order valence-electron chi connectivity index (χ0n) is 17.2. The molecule has 2 aromatic rings. The SMILES string of the molecule is Cc1ccc(Nc2cc(C#N)ccc2C(=O)OC2C(C)(C)C(O)C2(C)C)c(F)c1. The van der Waals surface area contributed by atoms with E-state index >= 15 is 0 Å². The van der Waals surface area contributed by atoms with E-state index in [9.17, 15) is 19.6 Å². The zero-order valence-corrected chi connectivity index (χ0v) is 17.2.